The highest BCUT2D eigenvalue weighted by atomic mass is 19.4. The second-order valence-corrected chi connectivity index (χ2v) is 4.28. The Kier molecular flexibility index (Phi) is 5.90. The lowest BCUT2D eigenvalue weighted by Gasteiger charge is -2.08. The summed E-state index contributed by atoms with van der Waals surface area (Å²) in [6.45, 7) is -0.350. The molecule has 1 aromatic carbocycles. The van der Waals surface area contributed by atoms with Crippen LogP contribution in [0.2, 0.25) is 0 Å². The lowest BCUT2D eigenvalue weighted by atomic mass is 10.1. The Morgan fingerprint density at radius 2 is 1.64 bits per heavy atom. The van der Waals surface area contributed by atoms with Crippen molar-refractivity contribution in [2.24, 2.45) is 0 Å². The number of aliphatic carboxylic acids is 1. The van der Waals surface area contributed by atoms with Crippen LogP contribution in [0.4, 0.5) is 13.2 Å². The van der Waals surface area contributed by atoms with Crippen LogP contribution in [0.25, 0.3) is 0 Å². The van der Waals surface area contributed by atoms with Crippen LogP contribution >= 0.6 is 0 Å². The average Bonchev–Trinajstić information content (AvgIpc) is 2.43. The number of carboxylic acid groups (broad SMARTS) is 1. The molecule has 0 heterocycles. The summed E-state index contributed by atoms with van der Waals surface area (Å²) in [4.78, 5) is 32.5. The van der Waals surface area contributed by atoms with E-state index in [1.165, 1.54) is 24.3 Å². The molecule has 0 unspecified atom stereocenters. The van der Waals surface area contributed by atoms with Crippen molar-refractivity contribution in [3.8, 4) is 0 Å². The highest BCUT2D eigenvalue weighted by molar-refractivity contribution is 5.94. The minimum Gasteiger partial charge on any atom is -0.481 e. The number of carboxylic acids is 1. The third kappa shape index (κ3) is 5.81. The monoisotopic (exact) mass is 318 g/mol. The van der Waals surface area contributed by atoms with Gasteiger partial charge < -0.3 is 15.7 Å². The van der Waals surface area contributed by atoms with Crippen LogP contribution in [-0.4, -0.2) is 35.6 Å². The smallest absolute Gasteiger partial charge is 0.471 e. The molecule has 1 rings (SSSR count). The Bertz CT molecular complexity index is 555. The number of alkyl halides is 3. The van der Waals surface area contributed by atoms with Crippen molar-refractivity contribution in [1.29, 1.82) is 0 Å². The van der Waals surface area contributed by atoms with Gasteiger partial charge >= 0.3 is 18.1 Å². The van der Waals surface area contributed by atoms with Gasteiger partial charge in [-0.2, -0.15) is 13.2 Å². The van der Waals surface area contributed by atoms with Crippen molar-refractivity contribution in [1.82, 2.24) is 10.6 Å². The van der Waals surface area contributed by atoms with E-state index in [-0.39, 0.29) is 25.1 Å². The van der Waals surface area contributed by atoms with Gasteiger partial charge in [-0.05, 0) is 17.7 Å². The molecule has 0 spiro atoms. The van der Waals surface area contributed by atoms with Gasteiger partial charge in [-0.15, -0.1) is 0 Å². The summed E-state index contributed by atoms with van der Waals surface area (Å²) in [5.41, 5.74) is 0.621. The number of hydrogen-bond acceptors (Lipinski definition) is 3. The summed E-state index contributed by atoms with van der Waals surface area (Å²) in [5.74, 6) is -3.58. The molecular formula is C13H13F3N2O4. The van der Waals surface area contributed by atoms with Gasteiger partial charge in [-0.25, -0.2) is 0 Å². The topological polar surface area (TPSA) is 95.5 Å². The Labute approximate surface area is 123 Å². The van der Waals surface area contributed by atoms with Gasteiger partial charge in [-0.1, -0.05) is 12.1 Å². The number of amides is 2. The largest absolute Gasteiger partial charge is 0.481 e. The molecule has 0 radical (unpaired) electrons. The van der Waals surface area contributed by atoms with Gasteiger partial charge in [0.05, 0.1) is 6.42 Å². The molecule has 0 aliphatic carbocycles. The molecule has 9 heteroatoms. The molecule has 0 bridgehead atoms. The van der Waals surface area contributed by atoms with Crippen LogP contribution < -0.4 is 10.6 Å². The van der Waals surface area contributed by atoms with Gasteiger partial charge in [0.2, 0.25) is 0 Å². The Morgan fingerprint density at radius 3 is 2.14 bits per heavy atom. The lowest BCUT2D eigenvalue weighted by Crippen LogP contribution is -2.36. The van der Waals surface area contributed by atoms with E-state index < -0.39 is 24.0 Å². The second-order valence-electron chi connectivity index (χ2n) is 4.28. The Hall–Kier alpha value is -2.58. The highest BCUT2D eigenvalue weighted by Gasteiger charge is 2.38. The molecule has 6 nitrogen and oxygen atoms in total. The molecule has 120 valence electrons. The van der Waals surface area contributed by atoms with Crippen molar-refractivity contribution < 1.29 is 32.7 Å². The Balaban J connectivity index is 2.50. The molecule has 0 fully saturated rings. The first-order valence-electron chi connectivity index (χ1n) is 6.14. The summed E-state index contributed by atoms with van der Waals surface area (Å²) in [7, 11) is 0. The number of carbonyl (C=O) groups excluding carboxylic acids is 2. The van der Waals surface area contributed by atoms with Gasteiger partial charge in [0.25, 0.3) is 5.91 Å². The minimum absolute atomic E-state index is 0.0302. The number of rotatable bonds is 6. The predicted molar refractivity (Wildman–Crippen MR) is 68.9 cm³/mol. The van der Waals surface area contributed by atoms with Gasteiger partial charge in [-0.3, -0.25) is 14.4 Å². The first-order chi connectivity index (χ1) is 10.2. The van der Waals surface area contributed by atoms with Gasteiger partial charge in [0.15, 0.2) is 0 Å². The van der Waals surface area contributed by atoms with Crippen LogP contribution in [0.5, 0.6) is 0 Å². The summed E-state index contributed by atoms with van der Waals surface area (Å²) in [6, 6.07) is 5.52. The van der Waals surface area contributed by atoms with Crippen LogP contribution in [0.3, 0.4) is 0 Å². The maximum absolute atomic E-state index is 12.0. The van der Waals surface area contributed by atoms with Crippen molar-refractivity contribution in [2.45, 2.75) is 19.1 Å². The maximum Gasteiger partial charge on any atom is 0.471 e. The number of hydrogen-bond donors (Lipinski definition) is 3. The second kappa shape index (κ2) is 7.43. The SMILES string of the molecule is O=C(O)CCNC(=O)c1ccc(CNC(=O)C(F)(F)F)cc1. The number of halogens is 3. The third-order valence-electron chi connectivity index (χ3n) is 2.55. The van der Waals surface area contributed by atoms with E-state index in [1.807, 2.05) is 0 Å². The average molecular weight is 318 g/mol. The zero-order chi connectivity index (χ0) is 16.8. The van der Waals surface area contributed by atoms with Crippen molar-refractivity contribution in [2.75, 3.05) is 6.54 Å². The van der Waals surface area contributed by atoms with Crippen molar-refractivity contribution in [3.63, 3.8) is 0 Å². The maximum atomic E-state index is 12.0. The molecule has 2 amide bonds. The standard InChI is InChI=1S/C13H13F3N2O4/c14-13(15,16)12(22)18-7-8-1-3-9(4-2-8)11(21)17-6-5-10(19)20/h1-4H,5-7H2,(H,17,21)(H,18,22)(H,19,20). The quantitative estimate of drug-likeness (QED) is 0.731. The lowest BCUT2D eigenvalue weighted by molar-refractivity contribution is -0.173. The van der Waals surface area contributed by atoms with Crippen LogP contribution in [0.15, 0.2) is 24.3 Å². The fourth-order valence-electron chi connectivity index (χ4n) is 1.44. The van der Waals surface area contributed by atoms with E-state index in [2.05, 4.69) is 5.32 Å². The van der Waals surface area contributed by atoms with E-state index >= 15 is 0 Å². The van der Waals surface area contributed by atoms with Gasteiger partial charge in [0.1, 0.15) is 0 Å². The van der Waals surface area contributed by atoms with E-state index in [1.54, 1.807) is 5.32 Å². The van der Waals surface area contributed by atoms with E-state index in [9.17, 15) is 27.6 Å². The molecule has 0 aromatic heterocycles. The Morgan fingerprint density at radius 1 is 1.05 bits per heavy atom. The minimum atomic E-state index is -4.94. The zero-order valence-corrected chi connectivity index (χ0v) is 11.2. The molecule has 0 saturated heterocycles. The van der Waals surface area contributed by atoms with E-state index in [0.29, 0.717) is 5.56 Å². The van der Waals surface area contributed by atoms with Crippen molar-refractivity contribution >= 4 is 17.8 Å². The van der Waals surface area contributed by atoms with Gasteiger partial charge in [0, 0.05) is 18.7 Å². The molecule has 0 aliphatic rings. The molecule has 22 heavy (non-hydrogen) atoms. The summed E-state index contributed by atoms with van der Waals surface area (Å²) in [5, 5.41) is 12.5. The fourth-order valence-corrected chi connectivity index (χ4v) is 1.44. The molecule has 3 N–H and O–H groups in total. The van der Waals surface area contributed by atoms with Crippen LogP contribution in [0, 0.1) is 0 Å². The summed E-state index contributed by atoms with van der Waals surface area (Å²) < 4.78 is 36.0. The molecule has 0 atom stereocenters. The number of benzene rings is 1. The molecule has 1 aromatic rings. The van der Waals surface area contributed by atoms with E-state index in [0.717, 1.165) is 0 Å². The zero-order valence-electron chi connectivity index (χ0n) is 11.2. The highest BCUT2D eigenvalue weighted by Crippen LogP contribution is 2.14. The first kappa shape index (κ1) is 17.5. The summed E-state index contributed by atoms with van der Waals surface area (Å²) >= 11 is 0. The molecule has 0 saturated carbocycles. The van der Waals surface area contributed by atoms with Crippen molar-refractivity contribution in [3.05, 3.63) is 35.4 Å². The van der Waals surface area contributed by atoms with Crippen LogP contribution in [-0.2, 0) is 16.1 Å². The van der Waals surface area contributed by atoms with Crippen LogP contribution in [0.1, 0.15) is 22.3 Å². The summed E-state index contributed by atoms with van der Waals surface area (Å²) in [6.07, 6.45) is -5.16. The normalized spacial score (nSPS) is 10.9. The molecular weight excluding hydrogens is 305 g/mol. The predicted octanol–water partition coefficient (Wildman–Crippen LogP) is 1.07. The third-order valence-corrected chi connectivity index (χ3v) is 2.55. The first-order valence-corrected chi connectivity index (χ1v) is 6.14. The van der Waals surface area contributed by atoms with E-state index in [4.69, 9.17) is 5.11 Å². The molecule has 0 aliphatic heterocycles. The number of nitrogens with one attached hydrogen (secondary N) is 2. The number of carbonyl (C=O) groups is 3. The fraction of sp³-hybridized carbons (Fsp3) is 0.308.